The standard InChI is InChI=1S/C16H27N3O2/c1-16(21,12-19(2)3)11-18-15(20)14(17)10-9-13-7-5-4-6-8-13/h4-8,14,21H,9-12,17H2,1-3H3,(H,18,20)/t14-,16?/m0/s1. The van der Waals surface area contributed by atoms with Crippen molar-refractivity contribution in [1.82, 2.24) is 10.2 Å². The van der Waals surface area contributed by atoms with Gasteiger partial charge in [0.05, 0.1) is 11.6 Å². The third-order valence-corrected chi connectivity index (χ3v) is 3.22. The van der Waals surface area contributed by atoms with E-state index in [1.165, 1.54) is 5.56 Å². The van der Waals surface area contributed by atoms with Gasteiger partial charge in [-0.25, -0.2) is 0 Å². The molecule has 0 radical (unpaired) electrons. The average molecular weight is 293 g/mol. The lowest BCUT2D eigenvalue weighted by Crippen LogP contribution is -2.50. The van der Waals surface area contributed by atoms with Crippen LogP contribution >= 0.6 is 0 Å². The fourth-order valence-corrected chi connectivity index (χ4v) is 2.24. The van der Waals surface area contributed by atoms with Crippen LogP contribution in [0.4, 0.5) is 0 Å². The van der Waals surface area contributed by atoms with E-state index in [-0.39, 0.29) is 12.5 Å². The molecule has 1 unspecified atom stereocenters. The number of rotatable bonds is 8. The first-order chi connectivity index (χ1) is 9.80. The van der Waals surface area contributed by atoms with Crippen LogP contribution in [0.15, 0.2) is 30.3 Å². The van der Waals surface area contributed by atoms with Crippen LogP contribution < -0.4 is 11.1 Å². The Morgan fingerprint density at radius 1 is 1.38 bits per heavy atom. The summed E-state index contributed by atoms with van der Waals surface area (Å²) in [6.07, 6.45) is 1.36. The van der Waals surface area contributed by atoms with Gasteiger partial charge in [-0.3, -0.25) is 4.79 Å². The molecular formula is C16H27N3O2. The van der Waals surface area contributed by atoms with Crippen molar-refractivity contribution in [3.63, 3.8) is 0 Å². The van der Waals surface area contributed by atoms with Gasteiger partial charge in [0.15, 0.2) is 0 Å². The summed E-state index contributed by atoms with van der Waals surface area (Å²) in [5.74, 6) is -0.218. The van der Waals surface area contributed by atoms with Crippen LogP contribution in [0.25, 0.3) is 0 Å². The Morgan fingerprint density at radius 3 is 2.57 bits per heavy atom. The molecular weight excluding hydrogens is 266 g/mol. The second-order valence-electron chi connectivity index (χ2n) is 6.08. The molecule has 0 aromatic heterocycles. The van der Waals surface area contributed by atoms with E-state index >= 15 is 0 Å². The summed E-state index contributed by atoms with van der Waals surface area (Å²) in [5, 5.41) is 12.8. The second-order valence-corrected chi connectivity index (χ2v) is 6.08. The molecule has 0 aliphatic heterocycles. The quantitative estimate of drug-likeness (QED) is 0.647. The Kier molecular flexibility index (Phi) is 6.81. The molecule has 0 heterocycles. The van der Waals surface area contributed by atoms with Crippen LogP contribution in [0.3, 0.4) is 0 Å². The summed E-state index contributed by atoms with van der Waals surface area (Å²) in [4.78, 5) is 13.8. The van der Waals surface area contributed by atoms with Gasteiger partial charge in [0.1, 0.15) is 0 Å². The molecule has 0 saturated carbocycles. The van der Waals surface area contributed by atoms with Gasteiger partial charge >= 0.3 is 0 Å². The summed E-state index contributed by atoms with van der Waals surface area (Å²) >= 11 is 0. The van der Waals surface area contributed by atoms with E-state index < -0.39 is 11.6 Å². The Balaban J connectivity index is 2.34. The number of amides is 1. The Labute approximate surface area is 127 Å². The van der Waals surface area contributed by atoms with Crippen molar-refractivity contribution in [3.05, 3.63) is 35.9 Å². The predicted molar refractivity (Wildman–Crippen MR) is 84.9 cm³/mol. The van der Waals surface area contributed by atoms with Gasteiger partial charge in [0, 0.05) is 13.1 Å². The van der Waals surface area contributed by atoms with Crippen LogP contribution in [0.5, 0.6) is 0 Å². The third-order valence-electron chi connectivity index (χ3n) is 3.22. The lowest BCUT2D eigenvalue weighted by atomic mass is 10.0. The van der Waals surface area contributed by atoms with Crippen molar-refractivity contribution in [2.24, 2.45) is 5.73 Å². The number of aliphatic hydroxyl groups is 1. The number of likely N-dealkylation sites (N-methyl/N-ethyl adjacent to an activating group) is 1. The first-order valence-electron chi connectivity index (χ1n) is 7.24. The van der Waals surface area contributed by atoms with Crippen molar-refractivity contribution < 1.29 is 9.90 Å². The summed E-state index contributed by atoms with van der Waals surface area (Å²) in [5.41, 5.74) is 6.10. The maximum atomic E-state index is 11.9. The topological polar surface area (TPSA) is 78.6 Å². The number of carbonyl (C=O) groups excluding carboxylic acids is 1. The van der Waals surface area contributed by atoms with Crippen LogP contribution in [0, 0.1) is 0 Å². The minimum Gasteiger partial charge on any atom is -0.387 e. The van der Waals surface area contributed by atoms with E-state index in [0.29, 0.717) is 13.0 Å². The van der Waals surface area contributed by atoms with Gasteiger partial charge in [0.2, 0.25) is 5.91 Å². The normalized spacial score (nSPS) is 15.5. The maximum absolute atomic E-state index is 11.9. The van der Waals surface area contributed by atoms with E-state index in [2.05, 4.69) is 5.32 Å². The number of nitrogens with zero attached hydrogens (tertiary/aromatic N) is 1. The molecule has 0 aliphatic rings. The minimum absolute atomic E-state index is 0.197. The van der Waals surface area contributed by atoms with Crippen LogP contribution in [0.2, 0.25) is 0 Å². The monoisotopic (exact) mass is 293 g/mol. The van der Waals surface area contributed by atoms with E-state index in [0.717, 1.165) is 6.42 Å². The molecule has 5 heteroatoms. The van der Waals surface area contributed by atoms with Crippen LogP contribution in [0.1, 0.15) is 18.9 Å². The zero-order valence-electron chi connectivity index (χ0n) is 13.2. The highest BCUT2D eigenvalue weighted by Crippen LogP contribution is 2.05. The van der Waals surface area contributed by atoms with Gasteiger partial charge in [-0.05, 0) is 39.4 Å². The number of carbonyl (C=O) groups is 1. The molecule has 1 amide bonds. The molecule has 1 rings (SSSR count). The van der Waals surface area contributed by atoms with E-state index in [9.17, 15) is 9.90 Å². The molecule has 118 valence electrons. The maximum Gasteiger partial charge on any atom is 0.237 e. The van der Waals surface area contributed by atoms with Gasteiger partial charge in [-0.15, -0.1) is 0 Å². The fourth-order valence-electron chi connectivity index (χ4n) is 2.24. The average Bonchev–Trinajstić information content (AvgIpc) is 2.42. The number of nitrogens with one attached hydrogen (secondary N) is 1. The SMILES string of the molecule is CN(C)CC(C)(O)CNC(=O)[C@@H](N)CCc1ccccc1. The van der Waals surface area contributed by atoms with E-state index in [1.807, 2.05) is 49.3 Å². The zero-order valence-corrected chi connectivity index (χ0v) is 13.2. The fraction of sp³-hybridized carbons (Fsp3) is 0.562. The molecule has 0 bridgehead atoms. The Bertz CT molecular complexity index is 432. The van der Waals surface area contributed by atoms with Crippen molar-refractivity contribution in [2.45, 2.75) is 31.4 Å². The summed E-state index contributed by atoms with van der Waals surface area (Å²) in [7, 11) is 3.75. The molecule has 5 nitrogen and oxygen atoms in total. The number of hydrogen-bond acceptors (Lipinski definition) is 4. The molecule has 0 fully saturated rings. The van der Waals surface area contributed by atoms with Gasteiger partial charge in [-0.2, -0.15) is 0 Å². The smallest absolute Gasteiger partial charge is 0.237 e. The number of hydrogen-bond donors (Lipinski definition) is 3. The molecule has 0 aliphatic carbocycles. The van der Waals surface area contributed by atoms with Crippen molar-refractivity contribution in [1.29, 1.82) is 0 Å². The van der Waals surface area contributed by atoms with Crippen molar-refractivity contribution >= 4 is 5.91 Å². The third kappa shape index (κ3) is 7.22. The van der Waals surface area contributed by atoms with Crippen molar-refractivity contribution in [2.75, 3.05) is 27.2 Å². The molecule has 2 atom stereocenters. The van der Waals surface area contributed by atoms with Crippen LogP contribution in [-0.4, -0.2) is 54.7 Å². The minimum atomic E-state index is -0.960. The van der Waals surface area contributed by atoms with Crippen LogP contribution in [-0.2, 0) is 11.2 Å². The first kappa shape index (κ1) is 17.6. The zero-order chi connectivity index (χ0) is 15.9. The molecule has 1 aromatic carbocycles. The lowest BCUT2D eigenvalue weighted by Gasteiger charge is -2.27. The van der Waals surface area contributed by atoms with E-state index in [4.69, 9.17) is 5.73 Å². The van der Waals surface area contributed by atoms with Gasteiger partial charge in [-0.1, -0.05) is 30.3 Å². The highest BCUT2D eigenvalue weighted by molar-refractivity contribution is 5.81. The Morgan fingerprint density at radius 2 is 2.00 bits per heavy atom. The number of nitrogens with two attached hydrogens (primary N) is 1. The summed E-state index contributed by atoms with van der Waals surface area (Å²) in [6.45, 7) is 2.37. The predicted octanol–water partition coefficient (Wildman–Crippen LogP) is 0.375. The highest BCUT2D eigenvalue weighted by atomic mass is 16.3. The number of benzene rings is 1. The largest absolute Gasteiger partial charge is 0.387 e. The molecule has 4 N–H and O–H groups in total. The molecule has 21 heavy (non-hydrogen) atoms. The Hall–Kier alpha value is -1.43. The lowest BCUT2D eigenvalue weighted by molar-refractivity contribution is -0.123. The molecule has 1 aromatic rings. The van der Waals surface area contributed by atoms with Gasteiger partial charge in [0.25, 0.3) is 0 Å². The number of aryl methyl sites for hydroxylation is 1. The van der Waals surface area contributed by atoms with Gasteiger partial charge < -0.3 is 21.1 Å². The second kappa shape index (κ2) is 8.12. The molecule has 0 spiro atoms. The van der Waals surface area contributed by atoms with E-state index in [1.54, 1.807) is 6.92 Å². The van der Waals surface area contributed by atoms with Crippen molar-refractivity contribution in [3.8, 4) is 0 Å². The first-order valence-corrected chi connectivity index (χ1v) is 7.24. The highest BCUT2D eigenvalue weighted by Gasteiger charge is 2.23. The summed E-state index contributed by atoms with van der Waals surface area (Å²) < 4.78 is 0. The molecule has 0 saturated heterocycles. The summed E-state index contributed by atoms with van der Waals surface area (Å²) in [6, 6.07) is 9.39.